The summed E-state index contributed by atoms with van der Waals surface area (Å²) in [5.74, 6) is -1.38. The van der Waals surface area contributed by atoms with Crippen molar-refractivity contribution in [2.24, 2.45) is 0 Å². The molecule has 108 valence electrons. The third-order valence-corrected chi connectivity index (χ3v) is 3.55. The topological polar surface area (TPSA) is 30.0 Å². The molecule has 0 bridgehead atoms. The van der Waals surface area contributed by atoms with Crippen LogP contribution >= 0.6 is 0 Å². The minimum Gasteiger partial charge on any atom is -0.294 e. The Labute approximate surface area is 117 Å². The van der Waals surface area contributed by atoms with E-state index in [0.717, 1.165) is 6.07 Å². The number of pyridine rings is 1. The molecule has 2 nitrogen and oxygen atoms in total. The zero-order valence-corrected chi connectivity index (χ0v) is 10.7. The molecule has 0 amide bonds. The highest BCUT2D eigenvalue weighted by Crippen LogP contribution is 2.36. The van der Waals surface area contributed by atoms with E-state index in [1.165, 1.54) is 18.5 Å². The quantitative estimate of drug-likeness (QED) is 0.743. The van der Waals surface area contributed by atoms with Crippen molar-refractivity contribution >= 4 is 5.78 Å². The van der Waals surface area contributed by atoms with Gasteiger partial charge in [-0.2, -0.15) is 13.2 Å². The van der Waals surface area contributed by atoms with Gasteiger partial charge in [-0.15, -0.1) is 0 Å². The number of carbonyl (C=O) groups is 1. The Kier molecular flexibility index (Phi) is 3.04. The first-order chi connectivity index (χ1) is 9.88. The number of ketones is 1. The first kappa shape index (κ1) is 13.7. The largest absolute Gasteiger partial charge is 0.419 e. The Hall–Kier alpha value is -2.24. The van der Waals surface area contributed by atoms with Crippen molar-refractivity contribution in [1.82, 2.24) is 4.98 Å². The number of halogens is 4. The summed E-state index contributed by atoms with van der Waals surface area (Å²) in [6.45, 7) is 0. The van der Waals surface area contributed by atoms with Crippen molar-refractivity contribution in [1.29, 1.82) is 0 Å². The Bertz CT molecular complexity index is 737. The van der Waals surface area contributed by atoms with Crippen LogP contribution in [0.4, 0.5) is 17.6 Å². The lowest BCUT2D eigenvalue weighted by atomic mass is 9.98. The summed E-state index contributed by atoms with van der Waals surface area (Å²) < 4.78 is 51.3. The van der Waals surface area contributed by atoms with Gasteiger partial charge in [0.25, 0.3) is 0 Å². The smallest absolute Gasteiger partial charge is 0.294 e. The van der Waals surface area contributed by atoms with E-state index >= 15 is 0 Å². The van der Waals surface area contributed by atoms with Crippen molar-refractivity contribution in [3.05, 3.63) is 53.1 Å². The number of alkyl halides is 3. The second-order valence-electron chi connectivity index (χ2n) is 4.83. The summed E-state index contributed by atoms with van der Waals surface area (Å²) in [5.41, 5.74) is 0.676. The molecule has 0 radical (unpaired) electrons. The lowest BCUT2D eigenvalue weighted by Crippen LogP contribution is -2.08. The molecular formula is C15H9F4NO. The van der Waals surface area contributed by atoms with E-state index in [9.17, 15) is 22.4 Å². The third kappa shape index (κ3) is 2.30. The molecule has 0 spiro atoms. The molecule has 0 saturated heterocycles. The summed E-state index contributed by atoms with van der Waals surface area (Å²) in [6, 6.07) is 2.75. The molecule has 3 rings (SSSR count). The van der Waals surface area contributed by atoms with E-state index in [4.69, 9.17) is 0 Å². The molecule has 0 fully saturated rings. The fraction of sp³-hybridized carbons (Fsp3) is 0.200. The Balaban J connectivity index is 2.11. The van der Waals surface area contributed by atoms with Gasteiger partial charge in [-0.05, 0) is 29.7 Å². The van der Waals surface area contributed by atoms with E-state index in [-0.39, 0.29) is 5.78 Å². The molecule has 1 aromatic heterocycles. The molecule has 0 N–H and O–H groups in total. The van der Waals surface area contributed by atoms with Crippen LogP contribution in [0.2, 0.25) is 0 Å². The van der Waals surface area contributed by atoms with Crippen LogP contribution in [0.1, 0.15) is 27.9 Å². The predicted octanol–water partition coefficient (Wildman–Crippen LogP) is 4.04. The molecule has 1 aromatic carbocycles. The number of Topliss-reactive ketones (excluding diaryl/α,β-unsaturated/α-hetero) is 1. The third-order valence-electron chi connectivity index (χ3n) is 3.55. The van der Waals surface area contributed by atoms with Crippen molar-refractivity contribution in [2.75, 3.05) is 0 Å². The minimum atomic E-state index is -4.73. The lowest BCUT2D eigenvalue weighted by Gasteiger charge is -2.11. The standard InChI is InChI=1S/C15H9F4NO/c16-13-5-8(1-3-12(13)15(17,18)19)10-6-20-7-11-9(10)2-4-14(11)21/h1,3,5-7H,2,4H2. The zero-order valence-electron chi connectivity index (χ0n) is 10.7. The maximum Gasteiger partial charge on any atom is 0.419 e. The Morgan fingerprint density at radius 3 is 2.43 bits per heavy atom. The number of carbonyl (C=O) groups excluding carboxylic acids is 1. The van der Waals surface area contributed by atoms with E-state index in [1.54, 1.807) is 0 Å². The first-order valence-electron chi connectivity index (χ1n) is 6.25. The van der Waals surface area contributed by atoms with Gasteiger partial charge in [-0.3, -0.25) is 9.78 Å². The predicted molar refractivity (Wildman–Crippen MR) is 67.3 cm³/mol. The van der Waals surface area contributed by atoms with E-state index in [2.05, 4.69) is 4.98 Å². The SMILES string of the molecule is O=C1CCc2c1cncc2-c1ccc(C(F)(F)F)c(F)c1. The van der Waals surface area contributed by atoms with Crippen molar-refractivity contribution < 1.29 is 22.4 Å². The maximum absolute atomic E-state index is 13.7. The van der Waals surface area contributed by atoms with Gasteiger partial charge in [-0.25, -0.2) is 4.39 Å². The zero-order chi connectivity index (χ0) is 15.2. The highest BCUT2D eigenvalue weighted by Gasteiger charge is 2.34. The van der Waals surface area contributed by atoms with Crippen LogP contribution in [0.3, 0.4) is 0 Å². The van der Waals surface area contributed by atoms with E-state index in [1.807, 2.05) is 0 Å². The first-order valence-corrected chi connectivity index (χ1v) is 6.25. The minimum absolute atomic E-state index is 0.0493. The fourth-order valence-electron chi connectivity index (χ4n) is 2.53. The number of rotatable bonds is 1. The molecular weight excluding hydrogens is 286 g/mol. The summed E-state index contributed by atoms with van der Waals surface area (Å²) >= 11 is 0. The molecule has 1 aliphatic carbocycles. The number of nitrogens with zero attached hydrogens (tertiary/aromatic N) is 1. The van der Waals surface area contributed by atoms with Crippen molar-refractivity contribution in [3.63, 3.8) is 0 Å². The van der Waals surface area contributed by atoms with Crippen LogP contribution in [-0.2, 0) is 12.6 Å². The van der Waals surface area contributed by atoms with Crippen LogP contribution < -0.4 is 0 Å². The number of fused-ring (bicyclic) bond motifs is 1. The lowest BCUT2D eigenvalue weighted by molar-refractivity contribution is -0.139. The summed E-state index contributed by atoms with van der Waals surface area (Å²) in [4.78, 5) is 15.6. The van der Waals surface area contributed by atoms with Gasteiger partial charge >= 0.3 is 6.18 Å². The van der Waals surface area contributed by atoms with Crippen molar-refractivity contribution in [3.8, 4) is 11.1 Å². The van der Waals surface area contributed by atoms with E-state index < -0.39 is 17.6 Å². The molecule has 1 heterocycles. The number of aromatic nitrogens is 1. The van der Waals surface area contributed by atoms with Gasteiger partial charge in [0, 0.05) is 29.9 Å². The molecule has 0 unspecified atom stereocenters. The number of hydrogen-bond acceptors (Lipinski definition) is 2. The molecule has 0 aliphatic heterocycles. The summed E-state index contributed by atoms with van der Waals surface area (Å²) in [7, 11) is 0. The second-order valence-corrected chi connectivity index (χ2v) is 4.83. The van der Waals surface area contributed by atoms with Gasteiger partial charge in [0.2, 0.25) is 0 Å². The molecule has 21 heavy (non-hydrogen) atoms. The average molecular weight is 295 g/mol. The van der Waals surface area contributed by atoms with Crippen LogP contribution in [0.5, 0.6) is 0 Å². The Morgan fingerprint density at radius 1 is 1.05 bits per heavy atom. The summed E-state index contributed by atoms with van der Waals surface area (Å²) in [5, 5.41) is 0. The molecule has 0 saturated carbocycles. The second kappa shape index (κ2) is 4.65. The van der Waals surface area contributed by atoms with Gasteiger partial charge < -0.3 is 0 Å². The number of benzene rings is 1. The molecule has 0 atom stereocenters. The summed E-state index contributed by atoms with van der Waals surface area (Å²) in [6.07, 6.45) is -1.00. The molecule has 2 aromatic rings. The van der Waals surface area contributed by atoms with Crippen LogP contribution in [-0.4, -0.2) is 10.8 Å². The van der Waals surface area contributed by atoms with Crippen molar-refractivity contribution in [2.45, 2.75) is 19.0 Å². The van der Waals surface area contributed by atoms with Crippen LogP contribution in [0.15, 0.2) is 30.6 Å². The fourth-order valence-corrected chi connectivity index (χ4v) is 2.53. The highest BCUT2D eigenvalue weighted by molar-refractivity contribution is 6.02. The van der Waals surface area contributed by atoms with Crippen LogP contribution in [0.25, 0.3) is 11.1 Å². The average Bonchev–Trinajstić information content (AvgIpc) is 2.79. The maximum atomic E-state index is 13.7. The van der Waals surface area contributed by atoms with Gasteiger partial charge in [0.1, 0.15) is 5.82 Å². The Morgan fingerprint density at radius 2 is 1.76 bits per heavy atom. The van der Waals surface area contributed by atoms with Gasteiger partial charge in [-0.1, -0.05) is 6.07 Å². The van der Waals surface area contributed by atoms with Gasteiger partial charge in [0.05, 0.1) is 5.56 Å². The van der Waals surface area contributed by atoms with Gasteiger partial charge in [0.15, 0.2) is 5.78 Å². The normalized spacial score (nSPS) is 14.4. The molecule has 1 aliphatic rings. The van der Waals surface area contributed by atoms with E-state index in [0.29, 0.717) is 41.2 Å². The highest BCUT2D eigenvalue weighted by atomic mass is 19.4. The molecule has 6 heteroatoms. The number of hydrogen-bond donors (Lipinski definition) is 0. The monoisotopic (exact) mass is 295 g/mol. The van der Waals surface area contributed by atoms with Crippen LogP contribution in [0, 0.1) is 5.82 Å².